The van der Waals surface area contributed by atoms with Gasteiger partial charge in [-0.25, -0.2) is 0 Å². The summed E-state index contributed by atoms with van der Waals surface area (Å²) < 4.78 is 0. The predicted molar refractivity (Wildman–Crippen MR) is 63.8 cm³/mol. The molecule has 0 radical (unpaired) electrons. The largest absolute Gasteiger partial charge is 0.324 e. The predicted octanol–water partition coefficient (Wildman–Crippen LogP) is 2.03. The Morgan fingerprint density at radius 2 is 2.12 bits per heavy atom. The van der Waals surface area contributed by atoms with Gasteiger partial charge in [0, 0.05) is 36.7 Å². The number of aryl methyl sites for hydroxylation is 1. The third-order valence-corrected chi connectivity index (χ3v) is 2.62. The van der Waals surface area contributed by atoms with Gasteiger partial charge in [-0.2, -0.15) is 0 Å². The van der Waals surface area contributed by atoms with Crippen molar-refractivity contribution in [2.24, 2.45) is 5.73 Å². The highest BCUT2D eigenvalue weighted by molar-refractivity contribution is 5.26. The van der Waals surface area contributed by atoms with Gasteiger partial charge in [0.15, 0.2) is 0 Å². The van der Waals surface area contributed by atoms with Gasteiger partial charge in [0.05, 0.1) is 0 Å². The number of hydrogen-bond donors (Lipinski definition) is 1. The summed E-state index contributed by atoms with van der Waals surface area (Å²) in [5, 5.41) is 0. The molecule has 16 heavy (non-hydrogen) atoms. The maximum atomic E-state index is 6.16. The molecular weight excluding hydrogens is 198 g/mol. The molecule has 3 heteroatoms. The standard InChI is InChI=1S/C13H15N3/c1-10-9-15-7-5-12(10)13(14)8-11-4-2-3-6-16-11/h2-7,9,13H,8,14H2,1H3. The molecule has 0 aromatic carbocycles. The molecule has 1 unspecified atom stereocenters. The Bertz CT molecular complexity index is 454. The highest BCUT2D eigenvalue weighted by Crippen LogP contribution is 2.17. The molecule has 2 heterocycles. The summed E-state index contributed by atoms with van der Waals surface area (Å²) in [6.45, 7) is 2.03. The molecule has 2 aromatic heterocycles. The van der Waals surface area contributed by atoms with E-state index in [1.807, 2.05) is 37.4 Å². The summed E-state index contributed by atoms with van der Waals surface area (Å²) in [4.78, 5) is 8.34. The van der Waals surface area contributed by atoms with Gasteiger partial charge in [-0.3, -0.25) is 9.97 Å². The molecule has 0 aliphatic rings. The zero-order chi connectivity index (χ0) is 11.4. The Morgan fingerprint density at radius 1 is 1.25 bits per heavy atom. The quantitative estimate of drug-likeness (QED) is 0.848. The second-order valence-corrected chi connectivity index (χ2v) is 3.86. The Kier molecular flexibility index (Phi) is 3.27. The van der Waals surface area contributed by atoms with Crippen LogP contribution >= 0.6 is 0 Å². The summed E-state index contributed by atoms with van der Waals surface area (Å²) in [5.41, 5.74) is 9.45. The second kappa shape index (κ2) is 4.86. The number of nitrogens with two attached hydrogens (primary N) is 1. The van der Waals surface area contributed by atoms with Crippen molar-refractivity contribution in [2.45, 2.75) is 19.4 Å². The molecule has 0 aliphatic carbocycles. The van der Waals surface area contributed by atoms with Crippen molar-refractivity contribution >= 4 is 0 Å². The summed E-state index contributed by atoms with van der Waals surface area (Å²) >= 11 is 0. The van der Waals surface area contributed by atoms with Crippen LogP contribution in [0.25, 0.3) is 0 Å². The van der Waals surface area contributed by atoms with Crippen molar-refractivity contribution in [3.63, 3.8) is 0 Å². The van der Waals surface area contributed by atoms with Gasteiger partial charge in [-0.15, -0.1) is 0 Å². The van der Waals surface area contributed by atoms with Crippen LogP contribution < -0.4 is 5.73 Å². The molecular formula is C13H15N3. The molecule has 0 aliphatic heterocycles. The number of hydrogen-bond acceptors (Lipinski definition) is 3. The van der Waals surface area contributed by atoms with Gasteiger partial charge in [-0.1, -0.05) is 6.07 Å². The van der Waals surface area contributed by atoms with E-state index in [2.05, 4.69) is 9.97 Å². The molecule has 1 atom stereocenters. The fourth-order valence-electron chi connectivity index (χ4n) is 1.75. The summed E-state index contributed by atoms with van der Waals surface area (Å²) in [7, 11) is 0. The average molecular weight is 213 g/mol. The third kappa shape index (κ3) is 2.44. The summed E-state index contributed by atoms with van der Waals surface area (Å²) in [6.07, 6.45) is 6.17. The lowest BCUT2D eigenvalue weighted by Crippen LogP contribution is -2.15. The topological polar surface area (TPSA) is 51.8 Å². The van der Waals surface area contributed by atoms with Gasteiger partial charge >= 0.3 is 0 Å². The van der Waals surface area contributed by atoms with Crippen LogP contribution in [0.15, 0.2) is 42.9 Å². The molecule has 0 fully saturated rings. The van der Waals surface area contributed by atoms with E-state index in [0.29, 0.717) is 0 Å². The van der Waals surface area contributed by atoms with E-state index in [-0.39, 0.29) is 6.04 Å². The van der Waals surface area contributed by atoms with Gasteiger partial charge in [-0.05, 0) is 36.2 Å². The van der Waals surface area contributed by atoms with Crippen LogP contribution in [0.3, 0.4) is 0 Å². The lowest BCUT2D eigenvalue weighted by atomic mass is 10.00. The van der Waals surface area contributed by atoms with Gasteiger partial charge < -0.3 is 5.73 Å². The first-order chi connectivity index (χ1) is 7.77. The lowest BCUT2D eigenvalue weighted by molar-refractivity contribution is 0.700. The highest BCUT2D eigenvalue weighted by Gasteiger charge is 2.09. The van der Waals surface area contributed by atoms with Crippen molar-refractivity contribution in [1.82, 2.24) is 9.97 Å². The van der Waals surface area contributed by atoms with E-state index >= 15 is 0 Å². The Labute approximate surface area is 95.4 Å². The highest BCUT2D eigenvalue weighted by atomic mass is 14.7. The summed E-state index contributed by atoms with van der Waals surface area (Å²) in [5.74, 6) is 0. The normalized spacial score (nSPS) is 12.4. The molecule has 2 N–H and O–H groups in total. The van der Waals surface area contributed by atoms with Crippen molar-refractivity contribution in [1.29, 1.82) is 0 Å². The molecule has 82 valence electrons. The fraction of sp³-hybridized carbons (Fsp3) is 0.231. The first-order valence-corrected chi connectivity index (χ1v) is 5.33. The second-order valence-electron chi connectivity index (χ2n) is 3.86. The number of nitrogens with zero attached hydrogens (tertiary/aromatic N) is 2. The van der Waals surface area contributed by atoms with Crippen LogP contribution in [0.5, 0.6) is 0 Å². The number of aromatic nitrogens is 2. The summed E-state index contributed by atoms with van der Waals surface area (Å²) in [6, 6.07) is 7.85. The van der Waals surface area contributed by atoms with E-state index < -0.39 is 0 Å². The van der Waals surface area contributed by atoms with Crippen molar-refractivity contribution < 1.29 is 0 Å². The van der Waals surface area contributed by atoms with E-state index in [1.165, 1.54) is 0 Å². The zero-order valence-corrected chi connectivity index (χ0v) is 9.30. The monoisotopic (exact) mass is 213 g/mol. The SMILES string of the molecule is Cc1cnccc1C(N)Cc1ccccn1. The number of rotatable bonds is 3. The van der Waals surface area contributed by atoms with Crippen LogP contribution in [0.4, 0.5) is 0 Å². The molecule has 0 saturated heterocycles. The maximum absolute atomic E-state index is 6.16. The molecule has 0 amide bonds. The van der Waals surface area contributed by atoms with E-state index in [4.69, 9.17) is 5.73 Å². The molecule has 2 rings (SSSR count). The smallest absolute Gasteiger partial charge is 0.0422 e. The molecule has 0 spiro atoms. The fourth-order valence-corrected chi connectivity index (χ4v) is 1.75. The Hall–Kier alpha value is -1.74. The van der Waals surface area contributed by atoms with Crippen molar-refractivity contribution in [3.05, 3.63) is 59.7 Å². The number of pyridine rings is 2. The van der Waals surface area contributed by atoms with Crippen LogP contribution in [-0.4, -0.2) is 9.97 Å². The van der Waals surface area contributed by atoms with Crippen molar-refractivity contribution in [2.75, 3.05) is 0 Å². The van der Waals surface area contributed by atoms with Crippen LogP contribution in [-0.2, 0) is 6.42 Å². The molecule has 3 nitrogen and oxygen atoms in total. The Morgan fingerprint density at radius 3 is 2.81 bits per heavy atom. The van der Waals surface area contributed by atoms with E-state index in [9.17, 15) is 0 Å². The molecule has 0 saturated carbocycles. The third-order valence-electron chi connectivity index (χ3n) is 2.62. The zero-order valence-electron chi connectivity index (χ0n) is 9.30. The molecule has 0 bridgehead atoms. The minimum absolute atomic E-state index is 0.0158. The minimum Gasteiger partial charge on any atom is -0.324 e. The van der Waals surface area contributed by atoms with E-state index in [0.717, 1.165) is 23.2 Å². The van der Waals surface area contributed by atoms with Crippen molar-refractivity contribution in [3.8, 4) is 0 Å². The first kappa shape index (κ1) is 10.8. The van der Waals surface area contributed by atoms with Crippen LogP contribution in [0, 0.1) is 6.92 Å². The van der Waals surface area contributed by atoms with Gasteiger partial charge in [0.1, 0.15) is 0 Å². The molecule has 2 aromatic rings. The maximum Gasteiger partial charge on any atom is 0.0422 e. The average Bonchev–Trinajstić information content (AvgIpc) is 2.31. The lowest BCUT2D eigenvalue weighted by Gasteiger charge is -2.13. The van der Waals surface area contributed by atoms with Gasteiger partial charge in [0.2, 0.25) is 0 Å². The van der Waals surface area contributed by atoms with E-state index in [1.54, 1.807) is 12.4 Å². The Balaban J connectivity index is 2.15. The van der Waals surface area contributed by atoms with Crippen LogP contribution in [0.2, 0.25) is 0 Å². The van der Waals surface area contributed by atoms with Crippen LogP contribution in [0.1, 0.15) is 22.9 Å². The first-order valence-electron chi connectivity index (χ1n) is 5.33. The van der Waals surface area contributed by atoms with Gasteiger partial charge in [0.25, 0.3) is 0 Å². The minimum atomic E-state index is -0.0158.